The monoisotopic (exact) mass is 534 g/mol. The predicted molar refractivity (Wildman–Crippen MR) is 147 cm³/mol. The second-order valence-electron chi connectivity index (χ2n) is 9.99. The third kappa shape index (κ3) is 5.10. The number of carbonyl (C=O) groups excluding carboxylic acids is 1. The lowest BCUT2D eigenvalue weighted by molar-refractivity contribution is -0.128. The third-order valence-corrected chi connectivity index (χ3v) is 9.22. The van der Waals surface area contributed by atoms with Crippen molar-refractivity contribution in [2.45, 2.75) is 63.0 Å². The Morgan fingerprint density at radius 1 is 1.05 bits per heavy atom. The van der Waals surface area contributed by atoms with Gasteiger partial charge in [-0.15, -0.1) is 0 Å². The van der Waals surface area contributed by atoms with Crippen LogP contribution < -0.4 is 19.1 Å². The van der Waals surface area contributed by atoms with Crippen molar-refractivity contribution in [3.05, 3.63) is 82.9 Å². The highest BCUT2D eigenvalue weighted by molar-refractivity contribution is 7.92. The molecule has 38 heavy (non-hydrogen) atoms. The van der Waals surface area contributed by atoms with Crippen LogP contribution in [-0.4, -0.2) is 34.1 Å². The summed E-state index contributed by atoms with van der Waals surface area (Å²) in [6.07, 6.45) is 4.28. The molecule has 3 aromatic rings. The Bertz CT molecular complexity index is 1440. The smallest absolute Gasteiger partial charge is 0.264 e. The van der Waals surface area contributed by atoms with Crippen molar-refractivity contribution in [3.8, 4) is 11.5 Å². The van der Waals surface area contributed by atoms with Crippen LogP contribution in [0.25, 0.3) is 0 Å². The van der Waals surface area contributed by atoms with Crippen LogP contribution in [0.15, 0.2) is 65.6 Å². The van der Waals surface area contributed by atoms with Crippen LogP contribution >= 0.6 is 0 Å². The molecule has 1 aliphatic heterocycles. The Hall–Kier alpha value is -3.52. The summed E-state index contributed by atoms with van der Waals surface area (Å²) in [5, 5.41) is 3.13. The van der Waals surface area contributed by atoms with Gasteiger partial charge in [0.15, 0.2) is 6.10 Å². The standard InChI is InChI=1S/C30H34N2O5S/c1-4-26(23-11-10-21-7-5-6-8-22(21)18-23)31-30(33)29-19-32(27-16-9-20(2)17-28(27)37-29)38(34,35)25-14-12-24(36-3)13-15-25/h9-18,26,29H,4-8,19H2,1-3H3,(H,31,33)/t26-,29-/m1/s1. The van der Waals surface area contributed by atoms with Gasteiger partial charge in [0.05, 0.1) is 30.3 Å². The van der Waals surface area contributed by atoms with Crippen LogP contribution in [0, 0.1) is 6.92 Å². The Balaban J connectivity index is 1.42. The predicted octanol–water partition coefficient (Wildman–Crippen LogP) is 5.11. The number of nitrogens with zero attached hydrogens (tertiary/aromatic N) is 1. The van der Waals surface area contributed by atoms with Crippen LogP contribution in [0.5, 0.6) is 11.5 Å². The van der Waals surface area contributed by atoms with Crippen LogP contribution in [0.1, 0.15) is 54.5 Å². The van der Waals surface area contributed by atoms with E-state index in [-0.39, 0.29) is 23.4 Å². The van der Waals surface area contributed by atoms with E-state index in [1.165, 1.54) is 47.5 Å². The molecule has 1 heterocycles. The van der Waals surface area contributed by atoms with Gasteiger partial charge in [-0.2, -0.15) is 0 Å². The number of nitrogens with one attached hydrogen (secondary N) is 1. The number of hydrogen-bond acceptors (Lipinski definition) is 5. The van der Waals surface area contributed by atoms with Gasteiger partial charge in [-0.05, 0) is 97.7 Å². The fourth-order valence-corrected chi connectivity index (χ4v) is 6.73. The van der Waals surface area contributed by atoms with Crippen LogP contribution in [0.4, 0.5) is 5.69 Å². The fraction of sp³-hybridized carbons (Fsp3) is 0.367. The molecule has 0 bridgehead atoms. The molecule has 2 atom stereocenters. The Labute approximate surface area is 224 Å². The maximum atomic E-state index is 13.7. The number of anilines is 1. The fourth-order valence-electron chi connectivity index (χ4n) is 5.26. The van der Waals surface area contributed by atoms with E-state index in [9.17, 15) is 13.2 Å². The maximum Gasteiger partial charge on any atom is 0.264 e. The van der Waals surface area contributed by atoms with Crippen molar-refractivity contribution < 1.29 is 22.7 Å². The van der Waals surface area contributed by atoms with Gasteiger partial charge in [-0.3, -0.25) is 9.10 Å². The number of methoxy groups -OCH3 is 1. The van der Waals surface area contributed by atoms with Gasteiger partial charge in [0.2, 0.25) is 0 Å². The molecule has 7 nitrogen and oxygen atoms in total. The molecule has 0 fully saturated rings. The topological polar surface area (TPSA) is 84.9 Å². The van der Waals surface area contributed by atoms with Gasteiger partial charge in [0, 0.05) is 0 Å². The van der Waals surface area contributed by atoms with Gasteiger partial charge in [-0.25, -0.2) is 8.42 Å². The first-order valence-corrected chi connectivity index (χ1v) is 14.6. The van der Waals surface area contributed by atoms with Crippen molar-refractivity contribution in [2.75, 3.05) is 18.0 Å². The second kappa shape index (κ2) is 10.7. The number of ether oxygens (including phenoxy) is 2. The number of fused-ring (bicyclic) bond motifs is 2. The summed E-state index contributed by atoms with van der Waals surface area (Å²) < 4.78 is 40.0. The number of hydrogen-bond donors (Lipinski definition) is 1. The number of amides is 1. The molecule has 1 amide bonds. The molecule has 0 saturated carbocycles. The Morgan fingerprint density at radius 2 is 1.79 bits per heavy atom. The van der Waals surface area contributed by atoms with E-state index >= 15 is 0 Å². The first kappa shape index (κ1) is 26.1. The SMILES string of the molecule is CC[C@@H](NC(=O)[C@H]1CN(S(=O)(=O)c2ccc(OC)cc2)c2ccc(C)cc2O1)c1ccc2c(c1)CCCC2. The molecule has 8 heteroatoms. The Morgan fingerprint density at radius 3 is 2.50 bits per heavy atom. The molecule has 0 unspecified atom stereocenters. The molecular weight excluding hydrogens is 500 g/mol. The molecule has 200 valence electrons. The van der Waals surface area contributed by atoms with Crippen LogP contribution in [-0.2, 0) is 27.7 Å². The molecule has 0 aromatic heterocycles. The van der Waals surface area contributed by atoms with E-state index in [1.807, 2.05) is 19.9 Å². The molecule has 1 N–H and O–H groups in total. The first-order chi connectivity index (χ1) is 18.3. The number of sulfonamides is 1. The van der Waals surface area contributed by atoms with E-state index in [4.69, 9.17) is 9.47 Å². The number of aryl methyl sites for hydroxylation is 3. The molecule has 5 rings (SSSR count). The number of benzene rings is 3. The third-order valence-electron chi connectivity index (χ3n) is 7.42. The molecule has 0 spiro atoms. The highest BCUT2D eigenvalue weighted by Gasteiger charge is 2.38. The summed E-state index contributed by atoms with van der Waals surface area (Å²) in [7, 11) is -2.43. The average Bonchev–Trinajstić information content (AvgIpc) is 2.94. The summed E-state index contributed by atoms with van der Waals surface area (Å²) in [5.74, 6) is 0.596. The minimum absolute atomic E-state index is 0.117. The maximum absolute atomic E-state index is 13.7. The van der Waals surface area contributed by atoms with Gasteiger partial charge in [0.25, 0.3) is 15.9 Å². The van der Waals surface area contributed by atoms with Gasteiger partial charge in [0.1, 0.15) is 11.5 Å². The molecule has 3 aromatic carbocycles. The first-order valence-electron chi connectivity index (χ1n) is 13.2. The molecular formula is C30H34N2O5S. The minimum atomic E-state index is -3.96. The summed E-state index contributed by atoms with van der Waals surface area (Å²) in [6.45, 7) is 3.81. The quantitative estimate of drug-likeness (QED) is 0.456. The zero-order valence-electron chi connectivity index (χ0n) is 22.1. The van der Waals surface area contributed by atoms with Crippen molar-refractivity contribution in [1.82, 2.24) is 5.32 Å². The summed E-state index contributed by atoms with van der Waals surface area (Å²) in [5.41, 5.74) is 5.14. The second-order valence-corrected chi connectivity index (χ2v) is 11.9. The normalized spacial score (nSPS) is 17.6. The average molecular weight is 535 g/mol. The molecule has 0 saturated heterocycles. The zero-order valence-corrected chi connectivity index (χ0v) is 22.9. The van der Waals surface area contributed by atoms with Gasteiger partial charge < -0.3 is 14.8 Å². The van der Waals surface area contributed by atoms with Crippen molar-refractivity contribution in [2.24, 2.45) is 0 Å². The van der Waals surface area contributed by atoms with Gasteiger partial charge in [-0.1, -0.05) is 31.2 Å². The summed E-state index contributed by atoms with van der Waals surface area (Å²) in [6, 6.07) is 17.9. The lowest BCUT2D eigenvalue weighted by Crippen LogP contribution is -2.51. The minimum Gasteiger partial charge on any atom is -0.497 e. The summed E-state index contributed by atoms with van der Waals surface area (Å²) in [4.78, 5) is 13.7. The largest absolute Gasteiger partial charge is 0.497 e. The molecule has 1 aliphatic carbocycles. The van der Waals surface area contributed by atoms with E-state index in [1.54, 1.807) is 24.3 Å². The lowest BCUT2D eigenvalue weighted by Gasteiger charge is -2.35. The van der Waals surface area contributed by atoms with E-state index in [0.29, 0.717) is 23.6 Å². The number of carbonyl (C=O) groups is 1. The van der Waals surface area contributed by atoms with E-state index in [2.05, 4.69) is 23.5 Å². The highest BCUT2D eigenvalue weighted by atomic mass is 32.2. The van der Waals surface area contributed by atoms with E-state index < -0.39 is 16.1 Å². The Kier molecular flexibility index (Phi) is 7.34. The van der Waals surface area contributed by atoms with Crippen molar-refractivity contribution in [3.63, 3.8) is 0 Å². The van der Waals surface area contributed by atoms with Gasteiger partial charge >= 0.3 is 0 Å². The molecule has 2 aliphatic rings. The van der Waals surface area contributed by atoms with Crippen molar-refractivity contribution >= 4 is 21.6 Å². The molecule has 0 radical (unpaired) electrons. The van der Waals surface area contributed by atoms with Crippen LogP contribution in [0.3, 0.4) is 0 Å². The van der Waals surface area contributed by atoms with E-state index in [0.717, 1.165) is 24.0 Å². The summed E-state index contributed by atoms with van der Waals surface area (Å²) >= 11 is 0. The van der Waals surface area contributed by atoms with Crippen LogP contribution in [0.2, 0.25) is 0 Å². The zero-order chi connectivity index (χ0) is 26.9. The number of rotatable bonds is 7. The lowest BCUT2D eigenvalue weighted by atomic mass is 9.88. The highest BCUT2D eigenvalue weighted by Crippen LogP contribution is 2.38. The van der Waals surface area contributed by atoms with Crippen molar-refractivity contribution in [1.29, 1.82) is 0 Å².